The summed E-state index contributed by atoms with van der Waals surface area (Å²) in [6.45, 7) is 0.356. The first-order chi connectivity index (χ1) is 9.41. The fourth-order valence-electron chi connectivity index (χ4n) is 2.28. The minimum Gasteiger partial charge on any atom is -0.481 e. The van der Waals surface area contributed by atoms with Gasteiger partial charge in [0, 0.05) is 17.6 Å². The third-order valence-electron chi connectivity index (χ3n) is 3.38. The number of nitro groups is 1. The first kappa shape index (κ1) is 14.7. The second-order valence-corrected chi connectivity index (χ2v) is 5.47. The lowest BCUT2D eigenvalue weighted by Gasteiger charge is -2.28. The maximum atomic E-state index is 11.2. The Kier molecular flexibility index (Phi) is 4.24. The number of hydrogen-bond donors (Lipinski definition) is 1. The Labute approximate surface area is 123 Å². The summed E-state index contributed by atoms with van der Waals surface area (Å²) in [6, 6.07) is 4.26. The van der Waals surface area contributed by atoms with E-state index in [0.717, 1.165) is 0 Å². The van der Waals surface area contributed by atoms with Gasteiger partial charge in [-0.2, -0.15) is 0 Å². The van der Waals surface area contributed by atoms with Gasteiger partial charge in [-0.05, 0) is 12.1 Å². The van der Waals surface area contributed by atoms with E-state index in [9.17, 15) is 14.9 Å². The molecular formula is C12H13BrN2O5. The minimum atomic E-state index is -0.959. The highest BCUT2D eigenvalue weighted by Gasteiger charge is 2.38. The summed E-state index contributed by atoms with van der Waals surface area (Å²) in [5.74, 6) is -1.65. The molecule has 1 heterocycles. The molecule has 1 aromatic rings. The minimum absolute atomic E-state index is 0.0714. The normalized spacial score (nSPS) is 21.7. The quantitative estimate of drug-likeness (QED) is 0.662. The van der Waals surface area contributed by atoms with Gasteiger partial charge in [-0.3, -0.25) is 14.9 Å². The maximum Gasteiger partial charge on any atom is 0.311 e. The molecule has 0 amide bonds. The number of carboxylic acid groups (broad SMARTS) is 1. The highest BCUT2D eigenvalue weighted by molar-refractivity contribution is 9.10. The van der Waals surface area contributed by atoms with Crippen molar-refractivity contribution in [3.63, 3.8) is 0 Å². The van der Waals surface area contributed by atoms with Crippen LogP contribution in [0.25, 0.3) is 0 Å². The van der Waals surface area contributed by atoms with Crippen LogP contribution in [0.5, 0.6) is 0 Å². The molecule has 20 heavy (non-hydrogen) atoms. The fraction of sp³-hybridized carbons (Fsp3) is 0.417. The van der Waals surface area contributed by atoms with E-state index in [4.69, 9.17) is 9.84 Å². The molecule has 1 aliphatic rings. The molecule has 0 spiro atoms. The van der Waals surface area contributed by atoms with Crippen molar-refractivity contribution in [2.24, 2.45) is 5.92 Å². The van der Waals surface area contributed by atoms with Crippen molar-refractivity contribution in [2.75, 3.05) is 25.2 Å². The summed E-state index contributed by atoms with van der Waals surface area (Å²) < 4.78 is 5.79. The lowest BCUT2D eigenvalue weighted by Crippen LogP contribution is -2.41. The molecule has 0 bridgehead atoms. The smallest absolute Gasteiger partial charge is 0.311 e. The van der Waals surface area contributed by atoms with E-state index in [0.29, 0.717) is 10.2 Å². The van der Waals surface area contributed by atoms with E-state index in [1.807, 2.05) is 0 Å². The Bertz CT molecular complexity index is 551. The van der Waals surface area contributed by atoms with Crippen molar-refractivity contribution < 1.29 is 19.6 Å². The van der Waals surface area contributed by atoms with E-state index in [1.54, 1.807) is 24.1 Å². The summed E-state index contributed by atoms with van der Waals surface area (Å²) in [7, 11) is 1.64. The van der Waals surface area contributed by atoms with Gasteiger partial charge in [0.15, 0.2) is 0 Å². The molecular weight excluding hydrogens is 332 g/mol. The number of benzene rings is 1. The number of aliphatic carboxylic acids is 1. The van der Waals surface area contributed by atoms with Gasteiger partial charge in [0.1, 0.15) is 11.6 Å². The highest BCUT2D eigenvalue weighted by atomic mass is 79.9. The average molecular weight is 345 g/mol. The molecule has 2 unspecified atom stereocenters. The van der Waals surface area contributed by atoms with Crippen LogP contribution in [0, 0.1) is 16.0 Å². The van der Waals surface area contributed by atoms with Gasteiger partial charge in [0.05, 0.1) is 24.2 Å². The molecule has 0 aliphatic carbocycles. The highest BCUT2D eigenvalue weighted by Crippen LogP contribution is 2.34. The van der Waals surface area contributed by atoms with E-state index in [-0.39, 0.29) is 18.9 Å². The van der Waals surface area contributed by atoms with Gasteiger partial charge >= 0.3 is 5.97 Å². The molecule has 1 aliphatic heterocycles. The SMILES string of the molecule is CN(c1ccc(Br)cc1[N+](=O)[O-])C1COCC1C(=O)O. The van der Waals surface area contributed by atoms with Crippen LogP contribution in [0.2, 0.25) is 0 Å². The van der Waals surface area contributed by atoms with Crippen LogP contribution in [0.1, 0.15) is 0 Å². The van der Waals surface area contributed by atoms with Crippen LogP contribution >= 0.6 is 15.9 Å². The van der Waals surface area contributed by atoms with Crippen molar-refractivity contribution in [1.29, 1.82) is 0 Å². The van der Waals surface area contributed by atoms with Crippen molar-refractivity contribution in [2.45, 2.75) is 6.04 Å². The molecule has 2 rings (SSSR count). The maximum absolute atomic E-state index is 11.2. The van der Waals surface area contributed by atoms with Crippen molar-refractivity contribution in [1.82, 2.24) is 0 Å². The number of carbonyl (C=O) groups is 1. The summed E-state index contributed by atoms with van der Waals surface area (Å²) >= 11 is 3.19. The average Bonchev–Trinajstić information content (AvgIpc) is 2.87. The van der Waals surface area contributed by atoms with Gasteiger partial charge in [-0.15, -0.1) is 0 Å². The standard InChI is InChI=1S/C12H13BrN2O5/c1-14(11-6-20-5-8(11)12(16)17)9-3-2-7(13)4-10(9)15(18)19/h2-4,8,11H,5-6H2,1H3,(H,16,17). The number of anilines is 1. The lowest BCUT2D eigenvalue weighted by atomic mass is 10.0. The molecule has 8 heteroatoms. The van der Waals surface area contributed by atoms with Crippen LogP contribution in [0.3, 0.4) is 0 Å². The second-order valence-electron chi connectivity index (χ2n) is 4.55. The van der Waals surface area contributed by atoms with Crippen molar-refractivity contribution >= 4 is 33.3 Å². The Morgan fingerprint density at radius 1 is 1.55 bits per heavy atom. The molecule has 1 N–H and O–H groups in total. The van der Waals surface area contributed by atoms with E-state index >= 15 is 0 Å². The monoisotopic (exact) mass is 344 g/mol. The van der Waals surface area contributed by atoms with Crippen molar-refractivity contribution in [3.05, 3.63) is 32.8 Å². The molecule has 7 nitrogen and oxygen atoms in total. The van der Waals surface area contributed by atoms with Crippen LogP contribution in [-0.2, 0) is 9.53 Å². The Hall–Kier alpha value is -1.67. The van der Waals surface area contributed by atoms with E-state index in [1.165, 1.54) is 6.07 Å². The Balaban J connectivity index is 2.36. The number of halogens is 1. The van der Waals surface area contributed by atoms with Crippen LogP contribution < -0.4 is 4.90 Å². The van der Waals surface area contributed by atoms with Gasteiger partial charge in [0.25, 0.3) is 5.69 Å². The zero-order chi connectivity index (χ0) is 14.9. The lowest BCUT2D eigenvalue weighted by molar-refractivity contribution is -0.384. The van der Waals surface area contributed by atoms with Crippen LogP contribution in [0.15, 0.2) is 22.7 Å². The van der Waals surface area contributed by atoms with Crippen molar-refractivity contribution in [3.8, 4) is 0 Å². The topological polar surface area (TPSA) is 92.9 Å². The Morgan fingerprint density at radius 3 is 2.85 bits per heavy atom. The number of carboxylic acids is 1. The first-order valence-corrected chi connectivity index (χ1v) is 6.68. The number of nitro benzene ring substituents is 1. The molecule has 0 radical (unpaired) electrons. The molecule has 1 aromatic carbocycles. The molecule has 0 saturated carbocycles. The zero-order valence-corrected chi connectivity index (χ0v) is 12.2. The number of hydrogen-bond acceptors (Lipinski definition) is 5. The second kappa shape index (κ2) is 5.76. The number of likely N-dealkylation sites (N-methyl/N-ethyl adjacent to an activating group) is 1. The predicted octanol–water partition coefficient (Wildman–Crippen LogP) is 1.89. The zero-order valence-electron chi connectivity index (χ0n) is 10.7. The third kappa shape index (κ3) is 2.75. The Morgan fingerprint density at radius 2 is 2.25 bits per heavy atom. The van der Waals surface area contributed by atoms with Gasteiger partial charge in [0.2, 0.25) is 0 Å². The number of rotatable bonds is 4. The summed E-state index contributed by atoms with van der Waals surface area (Å²) in [5, 5.41) is 20.3. The van der Waals surface area contributed by atoms with Gasteiger partial charge in [-0.1, -0.05) is 15.9 Å². The molecule has 108 valence electrons. The van der Waals surface area contributed by atoms with E-state index in [2.05, 4.69) is 15.9 Å². The van der Waals surface area contributed by atoms with Crippen LogP contribution in [0.4, 0.5) is 11.4 Å². The molecule has 1 fully saturated rings. The number of ether oxygens (including phenoxy) is 1. The summed E-state index contributed by atoms with van der Waals surface area (Å²) in [5.41, 5.74) is 0.304. The molecule has 2 atom stereocenters. The number of nitrogens with zero attached hydrogens (tertiary/aromatic N) is 2. The molecule has 1 saturated heterocycles. The van der Waals surface area contributed by atoms with Gasteiger partial charge in [-0.25, -0.2) is 0 Å². The van der Waals surface area contributed by atoms with E-state index < -0.39 is 22.9 Å². The van der Waals surface area contributed by atoms with Gasteiger partial charge < -0.3 is 14.7 Å². The first-order valence-electron chi connectivity index (χ1n) is 5.89. The third-order valence-corrected chi connectivity index (χ3v) is 3.87. The summed E-state index contributed by atoms with van der Waals surface area (Å²) in [4.78, 5) is 23.4. The fourth-order valence-corrected chi connectivity index (χ4v) is 2.63. The molecule has 0 aromatic heterocycles. The van der Waals surface area contributed by atoms with Crippen LogP contribution in [-0.4, -0.2) is 42.3 Å². The predicted molar refractivity (Wildman–Crippen MR) is 74.9 cm³/mol. The summed E-state index contributed by atoms with van der Waals surface area (Å²) in [6.07, 6.45) is 0. The largest absolute Gasteiger partial charge is 0.481 e.